The molecule has 94 valence electrons. The lowest BCUT2D eigenvalue weighted by Crippen LogP contribution is -2.24. The van der Waals surface area contributed by atoms with E-state index >= 15 is 0 Å². The predicted molar refractivity (Wildman–Crippen MR) is 61.4 cm³/mol. The van der Waals surface area contributed by atoms with Crippen LogP contribution < -0.4 is 5.32 Å². The van der Waals surface area contributed by atoms with Gasteiger partial charge < -0.3 is 5.32 Å². The summed E-state index contributed by atoms with van der Waals surface area (Å²) in [6.07, 6.45) is 4.54. The van der Waals surface area contributed by atoms with Crippen LogP contribution in [0.2, 0.25) is 0 Å². The van der Waals surface area contributed by atoms with Gasteiger partial charge in [-0.15, -0.1) is 0 Å². The lowest BCUT2D eigenvalue weighted by molar-refractivity contribution is 0.285. The molecule has 0 amide bonds. The van der Waals surface area contributed by atoms with Crippen molar-refractivity contribution in [2.75, 3.05) is 5.32 Å². The van der Waals surface area contributed by atoms with Crippen LogP contribution in [0, 0.1) is 23.4 Å². The Bertz CT molecular complexity index is 379. The largest absolute Gasteiger partial charge is 0.378 e. The van der Waals surface area contributed by atoms with E-state index in [1.54, 1.807) is 0 Å². The molecule has 1 saturated carbocycles. The molecule has 1 aromatic carbocycles. The van der Waals surface area contributed by atoms with Crippen LogP contribution in [0.4, 0.5) is 18.9 Å². The van der Waals surface area contributed by atoms with E-state index in [2.05, 4.69) is 5.32 Å². The number of nitrogens with one attached hydrogen (secondary N) is 1. The zero-order valence-electron chi connectivity index (χ0n) is 9.77. The third kappa shape index (κ3) is 2.93. The van der Waals surface area contributed by atoms with Gasteiger partial charge >= 0.3 is 0 Å². The second-order valence-corrected chi connectivity index (χ2v) is 4.82. The Kier molecular flexibility index (Phi) is 3.60. The average molecular weight is 243 g/mol. The Labute approximate surface area is 99.0 Å². The summed E-state index contributed by atoms with van der Waals surface area (Å²) >= 11 is 0. The van der Waals surface area contributed by atoms with Crippen molar-refractivity contribution in [1.29, 1.82) is 0 Å². The van der Waals surface area contributed by atoms with Gasteiger partial charge in [-0.2, -0.15) is 0 Å². The van der Waals surface area contributed by atoms with Crippen molar-refractivity contribution >= 4 is 5.69 Å². The van der Waals surface area contributed by atoms with Crippen molar-refractivity contribution in [3.8, 4) is 0 Å². The number of benzene rings is 1. The van der Waals surface area contributed by atoms with Gasteiger partial charge in [-0.3, -0.25) is 0 Å². The van der Waals surface area contributed by atoms with Crippen LogP contribution in [0.25, 0.3) is 0 Å². The van der Waals surface area contributed by atoms with Gasteiger partial charge in [0.2, 0.25) is 0 Å². The zero-order chi connectivity index (χ0) is 12.4. The minimum absolute atomic E-state index is 0.00485. The second kappa shape index (κ2) is 4.98. The third-order valence-corrected chi connectivity index (χ3v) is 3.31. The highest BCUT2D eigenvalue weighted by atomic mass is 19.1. The van der Waals surface area contributed by atoms with Crippen LogP contribution in [0.1, 0.15) is 32.6 Å². The van der Waals surface area contributed by atoms with Crippen molar-refractivity contribution < 1.29 is 13.2 Å². The Morgan fingerprint density at radius 1 is 1.24 bits per heavy atom. The molecule has 1 unspecified atom stereocenters. The highest BCUT2D eigenvalue weighted by Crippen LogP contribution is 2.31. The first-order valence-electron chi connectivity index (χ1n) is 5.97. The molecule has 0 spiro atoms. The van der Waals surface area contributed by atoms with Crippen molar-refractivity contribution in [3.63, 3.8) is 0 Å². The molecule has 1 aliphatic rings. The van der Waals surface area contributed by atoms with Gasteiger partial charge in [-0.25, -0.2) is 13.2 Å². The molecule has 0 aliphatic heterocycles. The van der Waals surface area contributed by atoms with Gasteiger partial charge in [-0.1, -0.05) is 19.3 Å². The highest BCUT2D eigenvalue weighted by Gasteiger charge is 2.21. The summed E-state index contributed by atoms with van der Waals surface area (Å²) in [5, 5.41) is 2.79. The quantitative estimate of drug-likeness (QED) is 0.839. The van der Waals surface area contributed by atoms with Crippen molar-refractivity contribution in [2.24, 2.45) is 5.92 Å². The fraction of sp³-hybridized carbons (Fsp3) is 0.538. The molecule has 4 heteroatoms. The number of anilines is 1. The lowest BCUT2D eigenvalue weighted by Gasteiger charge is -2.29. The molecule has 1 nitrogen and oxygen atoms in total. The fourth-order valence-corrected chi connectivity index (χ4v) is 2.21. The maximum atomic E-state index is 13.4. The maximum Gasteiger partial charge on any atom is 0.152 e. The van der Waals surface area contributed by atoms with Crippen LogP contribution in [0.5, 0.6) is 0 Å². The first kappa shape index (κ1) is 12.3. The molecule has 0 aromatic heterocycles. The fourth-order valence-electron chi connectivity index (χ4n) is 2.21. The zero-order valence-corrected chi connectivity index (χ0v) is 9.77. The van der Waals surface area contributed by atoms with Crippen LogP contribution in [-0.4, -0.2) is 6.04 Å². The molecule has 1 fully saturated rings. The minimum Gasteiger partial charge on any atom is -0.378 e. The Hall–Kier alpha value is -1.19. The summed E-state index contributed by atoms with van der Waals surface area (Å²) < 4.78 is 39.4. The van der Waals surface area contributed by atoms with E-state index in [1.807, 2.05) is 6.92 Å². The topological polar surface area (TPSA) is 12.0 Å². The number of hydrogen-bond donors (Lipinski definition) is 1. The number of halogens is 3. The average Bonchev–Trinajstić information content (AvgIpc) is 2.17. The van der Waals surface area contributed by atoms with Crippen LogP contribution in [0.15, 0.2) is 12.1 Å². The van der Waals surface area contributed by atoms with Crippen LogP contribution >= 0.6 is 0 Å². The van der Waals surface area contributed by atoms with Gasteiger partial charge in [0.05, 0.1) is 0 Å². The monoisotopic (exact) mass is 243 g/mol. The molecular formula is C13H16F3N. The Morgan fingerprint density at radius 2 is 1.82 bits per heavy atom. The van der Waals surface area contributed by atoms with Crippen molar-refractivity contribution in [1.82, 2.24) is 0 Å². The first-order valence-corrected chi connectivity index (χ1v) is 5.97. The van der Waals surface area contributed by atoms with E-state index in [-0.39, 0.29) is 11.7 Å². The summed E-state index contributed by atoms with van der Waals surface area (Å²) in [5.74, 6) is -1.98. The van der Waals surface area contributed by atoms with Crippen LogP contribution in [0.3, 0.4) is 0 Å². The van der Waals surface area contributed by atoms with E-state index in [0.29, 0.717) is 18.1 Å². The molecule has 1 N–H and O–H groups in total. The molecule has 17 heavy (non-hydrogen) atoms. The molecule has 2 rings (SSSR count). The lowest BCUT2D eigenvalue weighted by atomic mass is 9.81. The van der Waals surface area contributed by atoms with E-state index in [9.17, 15) is 13.2 Å². The minimum atomic E-state index is -0.891. The van der Waals surface area contributed by atoms with Crippen LogP contribution in [-0.2, 0) is 0 Å². The van der Waals surface area contributed by atoms with Gasteiger partial charge in [0, 0.05) is 18.2 Å². The van der Waals surface area contributed by atoms with Gasteiger partial charge in [0.25, 0.3) is 0 Å². The van der Waals surface area contributed by atoms with Crippen molar-refractivity contribution in [3.05, 3.63) is 29.6 Å². The molecule has 1 atom stereocenters. The van der Waals surface area contributed by atoms with E-state index in [4.69, 9.17) is 0 Å². The normalized spacial score (nSPS) is 17.6. The summed E-state index contributed by atoms with van der Waals surface area (Å²) in [4.78, 5) is 0. The van der Waals surface area contributed by atoms with E-state index in [0.717, 1.165) is 6.42 Å². The van der Waals surface area contributed by atoms with E-state index in [1.165, 1.54) is 19.3 Å². The molecule has 1 aromatic rings. The predicted octanol–water partition coefficient (Wildman–Crippen LogP) is 4.09. The number of hydrogen-bond acceptors (Lipinski definition) is 1. The second-order valence-electron chi connectivity index (χ2n) is 4.82. The molecule has 0 radical (unpaired) electrons. The highest BCUT2D eigenvalue weighted by molar-refractivity contribution is 5.47. The van der Waals surface area contributed by atoms with Gasteiger partial charge in [0.15, 0.2) is 11.6 Å². The number of rotatable bonds is 4. The molecule has 0 bridgehead atoms. The Morgan fingerprint density at radius 3 is 2.29 bits per heavy atom. The Balaban J connectivity index is 2.01. The summed E-state index contributed by atoms with van der Waals surface area (Å²) in [7, 11) is 0. The summed E-state index contributed by atoms with van der Waals surface area (Å²) in [6, 6.07) is 1.39. The SMILES string of the molecule is CC(CC1CCC1)Nc1c(F)cc(F)cc1F. The molecule has 1 aliphatic carbocycles. The maximum absolute atomic E-state index is 13.4. The van der Waals surface area contributed by atoms with E-state index < -0.39 is 17.5 Å². The van der Waals surface area contributed by atoms with Gasteiger partial charge in [-0.05, 0) is 19.3 Å². The standard InChI is InChI=1S/C13H16F3N/c1-8(5-9-3-2-4-9)17-13-11(15)6-10(14)7-12(13)16/h6-9,17H,2-5H2,1H3. The molecule has 0 heterocycles. The smallest absolute Gasteiger partial charge is 0.152 e. The summed E-state index contributed by atoms with van der Waals surface area (Å²) in [6.45, 7) is 1.89. The molecule has 0 saturated heterocycles. The van der Waals surface area contributed by atoms with Gasteiger partial charge in [0.1, 0.15) is 11.5 Å². The first-order chi connectivity index (χ1) is 8.06. The molecular weight excluding hydrogens is 227 g/mol. The van der Waals surface area contributed by atoms with Crippen molar-refractivity contribution in [2.45, 2.75) is 38.6 Å². The third-order valence-electron chi connectivity index (χ3n) is 3.31. The summed E-state index contributed by atoms with van der Waals surface area (Å²) in [5.41, 5.74) is -0.224.